The van der Waals surface area contributed by atoms with Gasteiger partial charge in [0.1, 0.15) is 0 Å². The fourth-order valence-corrected chi connectivity index (χ4v) is 2.45. The highest BCUT2D eigenvalue weighted by Crippen LogP contribution is 2.20. The molecule has 1 fully saturated rings. The predicted octanol–water partition coefficient (Wildman–Crippen LogP) is 1.78. The van der Waals surface area contributed by atoms with Crippen molar-refractivity contribution in [3.05, 3.63) is 39.7 Å². The van der Waals surface area contributed by atoms with Crippen LogP contribution < -0.4 is 5.32 Å². The topological polar surface area (TPSA) is 58.4 Å². The Morgan fingerprint density at radius 2 is 2.37 bits per heavy atom. The van der Waals surface area contributed by atoms with E-state index in [0.29, 0.717) is 18.0 Å². The van der Waals surface area contributed by atoms with Gasteiger partial charge in [-0.1, -0.05) is 12.1 Å². The number of nitrogens with zero attached hydrogens (tertiary/aromatic N) is 2. The Hall–Kier alpha value is -1.53. The fraction of sp³-hybridized carbons (Fsp3) is 0.538. The number of likely N-dealkylation sites (tertiary alicyclic amines) is 1. The van der Waals surface area contributed by atoms with Gasteiger partial charge in [-0.05, 0) is 32.5 Å². The van der Waals surface area contributed by atoms with Crippen molar-refractivity contribution in [2.75, 3.05) is 26.7 Å². The summed E-state index contributed by atoms with van der Waals surface area (Å²) in [5, 5.41) is 13.8. The quantitative estimate of drug-likeness (QED) is 0.652. The van der Waals surface area contributed by atoms with Crippen LogP contribution in [0.15, 0.2) is 18.2 Å². The van der Waals surface area contributed by atoms with Gasteiger partial charge in [0, 0.05) is 24.7 Å². The second kappa shape index (κ2) is 6.08. The number of nitro benzene ring substituents is 1. The molecule has 0 aliphatic carbocycles. The molecule has 0 amide bonds. The summed E-state index contributed by atoms with van der Waals surface area (Å²) >= 11 is 0. The van der Waals surface area contributed by atoms with Crippen LogP contribution in [0.4, 0.5) is 10.1 Å². The van der Waals surface area contributed by atoms with Gasteiger partial charge in [-0.15, -0.1) is 0 Å². The second-order valence-electron chi connectivity index (χ2n) is 5.06. The molecule has 1 N–H and O–H groups in total. The van der Waals surface area contributed by atoms with E-state index in [-0.39, 0.29) is 0 Å². The molecule has 1 aromatic rings. The van der Waals surface area contributed by atoms with E-state index in [0.717, 1.165) is 26.1 Å². The van der Waals surface area contributed by atoms with Crippen LogP contribution in [-0.4, -0.2) is 36.5 Å². The van der Waals surface area contributed by atoms with Gasteiger partial charge < -0.3 is 10.2 Å². The van der Waals surface area contributed by atoms with Crippen molar-refractivity contribution in [2.45, 2.75) is 13.0 Å². The molecule has 1 aromatic carbocycles. The van der Waals surface area contributed by atoms with Crippen LogP contribution in [-0.2, 0) is 6.54 Å². The number of rotatable bonds is 5. The van der Waals surface area contributed by atoms with Crippen molar-refractivity contribution < 1.29 is 9.31 Å². The normalized spacial score (nSPS) is 19.8. The third kappa shape index (κ3) is 3.48. The Labute approximate surface area is 111 Å². The molecule has 0 aromatic heterocycles. The number of nitrogens with one attached hydrogen (secondary N) is 1. The minimum atomic E-state index is -0.733. The Balaban J connectivity index is 1.89. The van der Waals surface area contributed by atoms with Crippen molar-refractivity contribution in [1.29, 1.82) is 0 Å². The predicted molar refractivity (Wildman–Crippen MR) is 70.4 cm³/mol. The minimum Gasteiger partial charge on any atom is -0.312 e. The third-order valence-corrected chi connectivity index (χ3v) is 3.49. The highest BCUT2D eigenvalue weighted by atomic mass is 19.1. The van der Waals surface area contributed by atoms with E-state index in [2.05, 4.69) is 17.3 Å². The monoisotopic (exact) mass is 267 g/mol. The molecule has 0 bridgehead atoms. The summed E-state index contributed by atoms with van der Waals surface area (Å²) in [5.74, 6) is -0.157. The van der Waals surface area contributed by atoms with Gasteiger partial charge in [-0.25, -0.2) is 0 Å². The zero-order valence-corrected chi connectivity index (χ0v) is 10.9. The molecule has 1 atom stereocenters. The van der Waals surface area contributed by atoms with Gasteiger partial charge in [-0.3, -0.25) is 10.1 Å². The van der Waals surface area contributed by atoms with Crippen molar-refractivity contribution in [3.63, 3.8) is 0 Å². The number of halogens is 1. The Kier molecular flexibility index (Phi) is 4.44. The smallest absolute Gasteiger partial charge is 0.305 e. The number of benzene rings is 1. The van der Waals surface area contributed by atoms with Crippen molar-refractivity contribution in [2.24, 2.45) is 5.92 Å². The van der Waals surface area contributed by atoms with E-state index in [1.165, 1.54) is 12.1 Å². The molecule has 19 heavy (non-hydrogen) atoms. The first-order valence-electron chi connectivity index (χ1n) is 6.39. The van der Waals surface area contributed by atoms with Gasteiger partial charge in [0.15, 0.2) is 0 Å². The standard InChI is InChI=1S/C13H18FN3O2/c1-16-6-5-10(9-16)7-15-8-11-3-2-4-12(13(11)14)17(18)19/h2-4,10,15H,5-9H2,1H3. The van der Waals surface area contributed by atoms with E-state index in [9.17, 15) is 14.5 Å². The molecule has 0 radical (unpaired) electrons. The molecule has 2 rings (SSSR count). The van der Waals surface area contributed by atoms with Crippen LogP contribution in [0.2, 0.25) is 0 Å². The number of hydrogen-bond acceptors (Lipinski definition) is 4. The molecule has 1 unspecified atom stereocenters. The molecule has 6 heteroatoms. The average Bonchev–Trinajstić information content (AvgIpc) is 2.77. The van der Waals surface area contributed by atoms with E-state index in [1.54, 1.807) is 6.07 Å². The minimum absolute atomic E-state index is 0.327. The summed E-state index contributed by atoms with van der Waals surface area (Å²) < 4.78 is 13.8. The van der Waals surface area contributed by atoms with Gasteiger partial charge in [0.05, 0.1) is 4.92 Å². The first-order valence-corrected chi connectivity index (χ1v) is 6.39. The highest BCUT2D eigenvalue weighted by molar-refractivity contribution is 5.36. The average molecular weight is 267 g/mol. The molecular formula is C13H18FN3O2. The van der Waals surface area contributed by atoms with Crippen molar-refractivity contribution in [1.82, 2.24) is 10.2 Å². The first-order chi connectivity index (χ1) is 9.08. The summed E-state index contributed by atoms with van der Waals surface area (Å²) in [4.78, 5) is 12.2. The summed E-state index contributed by atoms with van der Waals surface area (Å²) in [6, 6.07) is 4.28. The molecule has 1 aliphatic heterocycles. The first kappa shape index (κ1) is 13.9. The lowest BCUT2D eigenvalue weighted by atomic mass is 10.1. The summed E-state index contributed by atoms with van der Waals surface area (Å²) in [6.07, 6.45) is 1.14. The molecule has 1 aliphatic rings. The van der Waals surface area contributed by atoms with Gasteiger partial charge in [0.2, 0.25) is 5.82 Å². The van der Waals surface area contributed by atoms with Crippen LogP contribution in [0.3, 0.4) is 0 Å². The highest BCUT2D eigenvalue weighted by Gasteiger charge is 2.20. The van der Waals surface area contributed by atoms with E-state index >= 15 is 0 Å². The van der Waals surface area contributed by atoms with Crippen LogP contribution in [0.25, 0.3) is 0 Å². The number of hydrogen-bond donors (Lipinski definition) is 1. The van der Waals surface area contributed by atoms with E-state index in [4.69, 9.17) is 0 Å². The maximum absolute atomic E-state index is 13.8. The van der Waals surface area contributed by atoms with Crippen LogP contribution in [0.1, 0.15) is 12.0 Å². The molecule has 5 nitrogen and oxygen atoms in total. The van der Waals surface area contributed by atoms with Crippen LogP contribution >= 0.6 is 0 Å². The second-order valence-corrected chi connectivity index (χ2v) is 5.06. The lowest BCUT2D eigenvalue weighted by molar-refractivity contribution is -0.387. The molecule has 0 spiro atoms. The van der Waals surface area contributed by atoms with E-state index in [1.807, 2.05) is 0 Å². The molecule has 1 saturated heterocycles. The maximum atomic E-state index is 13.8. The Morgan fingerprint density at radius 1 is 1.58 bits per heavy atom. The van der Waals surface area contributed by atoms with Crippen molar-refractivity contribution in [3.8, 4) is 0 Å². The Morgan fingerprint density at radius 3 is 3.00 bits per heavy atom. The molecule has 1 heterocycles. The zero-order valence-electron chi connectivity index (χ0n) is 10.9. The lowest BCUT2D eigenvalue weighted by Gasteiger charge is -2.12. The zero-order chi connectivity index (χ0) is 13.8. The van der Waals surface area contributed by atoms with Crippen LogP contribution in [0, 0.1) is 21.8 Å². The van der Waals surface area contributed by atoms with Gasteiger partial charge >= 0.3 is 5.69 Å². The summed E-state index contributed by atoms with van der Waals surface area (Å²) in [5.41, 5.74) is -0.111. The Bertz CT molecular complexity index is 467. The number of nitro groups is 1. The van der Waals surface area contributed by atoms with Crippen molar-refractivity contribution >= 4 is 5.69 Å². The third-order valence-electron chi connectivity index (χ3n) is 3.49. The van der Waals surface area contributed by atoms with Gasteiger partial charge in [0.25, 0.3) is 0 Å². The summed E-state index contributed by atoms with van der Waals surface area (Å²) in [6.45, 7) is 3.28. The molecule has 104 valence electrons. The van der Waals surface area contributed by atoms with Crippen LogP contribution in [0.5, 0.6) is 0 Å². The molecular weight excluding hydrogens is 249 g/mol. The maximum Gasteiger partial charge on any atom is 0.305 e. The van der Waals surface area contributed by atoms with E-state index < -0.39 is 16.4 Å². The fourth-order valence-electron chi connectivity index (χ4n) is 2.45. The SMILES string of the molecule is CN1CCC(CNCc2cccc([N+](=O)[O-])c2F)C1. The van der Waals surface area contributed by atoms with Gasteiger partial charge in [-0.2, -0.15) is 4.39 Å². The largest absolute Gasteiger partial charge is 0.312 e. The summed E-state index contributed by atoms with van der Waals surface area (Å²) in [7, 11) is 2.08. The molecule has 0 saturated carbocycles. The lowest BCUT2D eigenvalue weighted by Crippen LogP contribution is -2.25.